The van der Waals surface area contributed by atoms with Crippen LogP contribution in [0.2, 0.25) is 15.1 Å². The Bertz CT molecular complexity index is 659. The largest absolute Gasteiger partial charge is 0.506 e. The van der Waals surface area contributed by atoms with E-state index in [4.69, 9.17) is 40.5 Å². The fraction of sp³-hybridized carbons (Fsp3) is 0. The number of benzene rings is 2. The molecule has 0 aliphatic rings. The summed E-state index contributed by atoms with van der Waals surface area (Å²) in [6.45, 7) is 0. The smallest absolute Gasteiger partial charge is 0.324 e. The normalized spacial score (nSPS) is 10.3. The molecule has 4 nitrogen and oxygen atoms in total. The van der Waals surface area contributed by atoms with Crippen LogP contribution in [0.1, 0.15) is 0 Å². The molecule has 2 aromatic carbocycles. The minimum absolute atomic E-state index is 0.134. The van der Waals surface area contributed by atoms with Gasteiger partial charge in [-0.05, 0) is 30.3 Å². The summed E-state index contributed by atoms with van der Waals surface area (Å²) in [5, 5.41) is 10.8. The molecule has 0 spiro atoms. The highest BCUT2D eigenvalue weighted by molar-refractivity contribution is 6.42. The number of halogens is 3. The first-order valence-electron chi connectivity index (χ1n) is 5.43. The second kappa shape index (κ2) is 5.79. The number of nitrogens with zero attached hydrogens (tertiary/aromatic N) is 1. The van der Waals surface area contributed by atoms with Crippen molar-refractivity contribution < 1.29 is 9.90 Å². The molecule has 2 amide bonds. The number of aromatic hydroxyl groups is 1. The lowest BCUT2D eigenvalue weighted by Crippen LogP contribution is -2.31. The molecule has 7 heteroatoms. The lowest BCUT2D eigenvalue weighted by atomic mass is 10.2. The Hall–Kier alpha value is -1.62. The van der Waals surface area contributed by atoms with E-state index in [-0.39, 0.29) is 21.5 Å². The molecule has 0 unspecified atom stereocenters. The Labute approximate surface area is 130 Å². The van der Waals surface area contributed by atoms with Crippen molar-refractivity contribution in [2.45, 2.75) is 0 Å². The number of primary amides is 1. The van der Waals surface area contributed by atoms with Crippen LogP contribution in [-0.2, 0) is 0 Å². The van der Waals surface area contributed by atoms with E-state index in [2.05, 4.69) is 0 Å². The van der Waals surface area contributed by atoms with Crippen LogP contribution in [0.5, 0.6) is 5.75 Å². The molecule has 2 aromatic rings. The summed E-state index contributed by atoms with van der Waals surface area (Å²) in [4.78, 5) is 12.8. The van der Waals surface area contributed by atoms with Crippen LogP contribution < -0.4 is 10.6 Å². The molecule has 0 saturated heterocycles. The molecular formula is C13H9Cl3N2O2. The number of anilines is 2. The number of hydrogen-bond donors (Lipinski definition) is 2. The minimum atomic E-state index is -0.777. The number of phenols is 1. The highest BCUT2D eigenvalue weighted by atomic mass is 35.5. The number of carbonyl (C=O) groups is 1. The summed E-state index contributed by atoms with van der Waals surface area (Å²) in [7, 11) is 0. The van der Waals surface area contributed by atoms with Gasteiger partial charge in [0, 0.05) is 11.1 Å². The third kappa shape index (κ3) is 2.93. The van der Waals surface area contributed by atoms with Gasteiger partial charge in [0.2, 0.25) is 0 Å². The van der Waals surface area contributed by atoms with Gasteiger partial charge in [0.1, 0.15) is 5.75 Å². The van der Waals surface area contributed by atoms with Crippen LogP contribution in [0.3, 0.4) is 0 Å². The molecule has 0 heterocycles. The third-order valence-corrected chi connectivity index (χ3v) is 3.54. The molecule has 3 N–H and O–H groups in total. The minimum Gasteiger partial charge on any atom is -0.506 e. The van der Waals surface area contributed by atoms with E-state index in [0.29, 0.717) is 10.7 Å². The summed E-state index contributed by atoms with van der Waals surface area (Å²) in [6, 6.07) is 8.21. The van der Waals surface area contributed by atoms with Crippen LogP contribution in [0.25, 0.3) is 0 Å². The molecule has 0 radical (unpaired) electrons. The summed E-state index contributed by atoms with van der Waals surface area (Å²) < 4.78 is 0. The molecule has 0 fully saturated rings. The summed E-state index contributed by atoms with van der Waals surface area (Å²) in [6.07, 6.45) is 0. The van der Waals surface area contributed by atoms with Crippen molar-refractivity contribution in [3.8, 4) is 5.75 Å². The van der Waals surface area contributed by atoms with Gasteiger partial charge < -0.3 is 10.8 Å². The first-order chi connectivity index (χ1) is 9.40. The van der Waals surface area contributed by atoms with Crippen molar-refractivity contribution in [3.63, 3.8) is 0 Å². The van der Waals surface area contributed by atoms with Gasteiger partial charge in [0.05, 0.1) is 21.4 Å². The predicted octanol–water partition coefficient (Wildman–Crippen LogP) is 4.57. The Morgan fingerprint density at radius 2 is 1.60 bits per heavy atom. The molecule has 0 aliphatic heterocycles. The van der Waals surface area contributed by atoms with Crippen LogP contribution >= 0.6 is 34.8 Å². The van der Waals surface area contributed by atoms with Gasteiger partial charge in [-0.2, -0.15) is 0 Å². The molecule has 0 aromatic heterocycles. The lowest BCUT2D eigenvalue weighted by Gasteiger charge is -2.22. The molecule has 20 heavy (non-hydrogen) atoms. The Kier molecular flexibility index (Phi) is 4.28. The fourth-order valence-corrected chi connectivity index (χ4v) is 2.12. The number of rotatable bonds is 2. The average molecular weight is 332 g/mol. The summed E-state index contributed by atoms with van der Waals surface area (Å²) in [5.74, 6) is -0.215. The van der Waals surface area contributed by atoms with Crippen molar-refractivity contribution in [1.82, 2.24) is 0 Å². The van der Waals surface area contributed by atoms with Crippen LogP contribution in [0, 0.1) is 0 Å². The van der Waals surface area contributed by atoms with Crippen molar-refractivity contribution in [3.05, 3.63) is 51.5 Å². The van der Waals surface area contributed by atoms with E-state index in [1.165, 1.54) is 12.1 Å². The zero-order valence-corrected chi connectivity index (χ0v) is 12.2. The Morgan fingerprint density at radius 3 is 2.15 bits per heavy atom. The Morgan fingerprint density at radius 1 is 1.05 bits per heavy atom. The molecule has 2 rings (SSSR count). The van der Waals surface area contributed by atoms with Crippen molar-refractivity contribution >= 4 is 52.2 Å². The van der Waals surface area contributed by atoms with Crippen LogP contribution in [0.15, 0.2) is 36.4 Å². The standard InChI is InChI=1S/C13H9Cl3N2O2/c14-7-1-3-8(4-2-7)18(13(17)20)11-5-9(15)10(16)6-12(11)19/h1-6,19H,(H2,17,20). The van der Waals surface area contributed by atoms with Crippen LogP contribution in [0.4, 0.5) is 16.2 Å². The SMILES string of the molecule is NC(=O)N(c1ccc(Cl)cc1)c1cc(Cl)c(Cl)cc1O. The van der Waals surface area contributed by atoms with E-state index in [1.807, 2.05) is 0 Å². The molecule has 0 aliphatic carbocycles. The maximum Gasteiger partial charge on any atom is 0.324 e. The van der Waals surface area contributed by atoms with Gasteiger partial charge in [-0.25, -0.2) is 4.79 Å². The second-order valence-electron chi connectivity index (χ2n) is 3.91. The van der Waals surface area contributed by atoms with E-state index >= 15 is 0 Å². The maximum absolute atomic E-state index is 11.7. The molecule has 104 valence electrons. The third-order valence-electron chi connectivity index (χ3n) is 2.56. The van der Waals surface area contributed by atoms with Crippen molar-refractivity contribution in [2.75, 3.05) is 4.90 Å². The first-order valence-corrected chi connectivity index (χ1v) is 6.56. The summed E-state index contributed by atoms with van der Waals surface area (Å²) >= 11 is 17.5. The highest BCUT2D eigenvalue weighted by Gasteiger charge is 2.20. The fourth-order valence-electron chi connectivity index (χ4n) is 1.68. The quantitative estimate of drug-likeness (QED) is 0.846. The average Bonchev–Trinajstić information content (AvgIpc) is 2.38. The van der Waals surface area contributed by atoms with Gasteiger partial charge in [0.25, 0.3) is 0 Å². The molecular weight excluding hydrogens is 323 g/mol. The lowest BCUT2D eigenvalue weighted by molar-refractivity contribution is 0.256. The molecule has 0 bridgehead atoms. The van der Waals surface area contributed by atoms with E-state index in [1.54, 1.807) is 24.3 Å². The van der Waals surface area contributed by atoms with Crippen molar-refractivity contribution in [1.29, 1.82) is 0 Å². The zero-order chi connectivity index (χ0) is 14.9. The molecule has 0 atom stereocenters. The number of phenolic OH excluding ortho intramolecular Hbond substituents is 1. The van der Waals surface area contributed by atoms with E-state index in [0.717, 1.165) is 4.90 Å². The van der Waals surface area contributed by atoms with Gasteiger partial charge in [-0.1, -0.05) is 34.8 Å². The van der Waals surface area contributed by atoms with Crippen LogP contribution in [-0.4, -0.2) is 11.1 Å². The zero-order valence-electron chi connectivity index (χ0n) is 9.98. The number of nitrogens with two attached hydrogens (primary N) is 1. The topological polar surface area (TPSA) is 66.6 Å². The highest BCUT2D eigenvalue weighted by Crippen LogP contribution is 2.39. The van der Waals surface area contributed by atoms with Gasteiger partial charge in [-0.3, -0.25) is 4.90 Å². The second-order valence-corrected chi connectivity index (χ2v) is 5.16. The van der Waals surface area contributed by atoms with Gasteiger partial charge >= 0.3 is 6.03 Å². The summed E-state index contributed by atoms with van der Waals surface area (Å²) in [5.41, 5.74) is 5.94. The van der Waals surface area contributed by atoms with Gasteiger partial charge in [-0.15, -0.1) is 0 Å². The predicted molar refractivity (Wildman–Crippen MR) is 81.3 cm³/mol. The van der Waals surface area contributed by atoms with Gasteiger partial charge in [0.15, 0.2) is 0 Å². The maximum atomic E-state index is 11.7. The number of carbonyl (C=O) groups excluding carboxylic acids is 1. The molecule has 0 saturated carbocycles. The van der Waals surface area contributed by atoms with E-state index in [9.17, 15) is 9.90 Å². The van der Waals surface area contributed by atoms with E-state index < -0.39 is 6.03 Å². The Balaban J connectivity index is 2.57. The van der Waals surface area contributed by atoms with Crippen molar-refractivity contribution in [2.24, 2.45) is 5.73 Å². The first kappa shape index (κ1) is 14.8. The monoisotopic (exact) mass is 330 g/mol. The number of hydrogen-bond acceptors (Lipinski definition) is 2. The number of urea groups is 1. The number of amides is 2.